The second kappa shape index (κ2) is 21.8. The van der Waals surface area contributed by atoms with Crippen molar-refractivity contribution in [3.8, 4) is 40.0 Å². The van der Waals surface area contributed by atoms with E-state index in [1.165, 1.54) is 9.91 Å². The van der Waals surface area contributed by atoms with E-state index in [4.69, 9.17) is 14.5 Å². The van der Waals surface area contributed by atoms with Gasteiger partial charge in [-0.25, -0.2) is 5.43 Å². The molecule has 16 nitrogen and oxygen atoms in total. The summed E-state index contributed by atoms with van der Waals surface area (Å²) < 4.78 is 14.2. The Kier molecular flexibility index (Phi) is 15.8. The Balaban J connectivity index is 1.13. The summed E-state index contributed by atoms with van der Waals surface area (Å²) in [6.45, 7) is 14.5. The van der Waals surface area contributed by atoms with Crippen LogP contribution in [0.15, 0.2) is 54.7 Å². The molecule has 0 radical (unpaired) electrons. The number of esters is 1. The molecule has 2 aromatic heterocycles. The number of cyclic esters (lactones) is 1. The van der Waals surface area contributed by atoms with Gasteiger partial charge in [-0.3, -0.25) is 38.9 Å². The van der Waals surface area contributed by atoms with Crippen LogP contribution in [-0.4, -0.2) is 142 Å². The molecule has 3 N–H and O–H groups in total. The van der Waals surface area contributed by atoms with Crippen molar-refractivity contribution in [1.82, 2.24) is 40.0 Å². The van der Waals surface area contributed by atoms with Crippen LogP contribution in [0, 0.1) is 29.1 Å². The molecule has 72 heavy (non-hydrogen) atoms. The number of hydrazine groups is 1. The highest BCUT2D eigenvalue weighted by molar-refractivity contribution is 5.97. The van der Waals surface area contributed by atoms with Gasteiger partial charge in [-0.2, -0.15) is 0 Å². The SMILES string of the molecule is CCn1c(-c2cccnc2[C@H](C)OC)c2c3cc(ccc31)-c1cc(O)cc(c1)C[C@H](NC(=O)C(C(C)C)N(C)C(=O)[C@H]1CCN(C(=O)C#C[C@@H]3CCCN3C)C1)C(=O)N1CCC[C@H](N1)C(=O)OCC(C)(C)C2. The number of ether oxygens (including phenoxy) is 2. The predicted octanol–water partition coefficient (Wildman–Crippen LogP) is 5.88. The number of phenols is 1. The fraction of sp³-hybridized carbons (Fsp3) is 0.536. The lowest BCUT2D eigenvalue weighted by molar-refractivity contribution is -0.155. The number of likely N-dealkylation sites (N-methyl/N-ethyl adjacent to an activating group) is 1. The Labute approximate surface area is 423 Å². The van der Waals surface area contributed by atoms with Crippen molar-refractivity contribution in [1.29, 1.82) is 0 Å². The largest absolute Gasteiger partial charge is 0.508 e. The number of hydrogen-bond acceptors (Lipinski definition) is 11. The average Bonchev–Trinajstić information content (AvgIpc) is 4.10. The van der Waals surface area contributed by atoms with Crippen LogP contribution in [0.25, 0.3) is 33.3 Å². The Morgan fingerprint density at radius 1 is 1.03 bits per heavy atom. The van der Waals surface area contributed by atoms with Crippen molar-refractivity contribution in [2.45, 2.75) is 123 Å². The number of nitrogens with one attached hydrogen (secondary N) is 2. The van der Waals surface area contributed by atoms with Gasteiger partial charge >= 0.3 is 5.97 Å². The summed E-state index contributed by atoms with van der Waals surface area (Å²) in [7, 11) is 5.27. The summed E-state index contributed by atoms with van der Waals surface area (Å²) in [6.07, 6.45) is 5.35. The molecular formula is C56H72N8O8. The van der Waals surface area contributed by atoms with Crippen molar-refractivity contribution in [3.63, 3.8) is 0 Å². The van der Waals surface area contributed by atoms with Gasteiger partial charge in [0.25, 0.3) is 11.8 Å². The van der Waals surface area contributed by atoms with Gasteiger partial charge in [-0.15, -0.1) is 0 Å². The predicted molar refractivity (Wildman–Crippen MR) is 275 cm³/mol. The van der Waals surface area contributed by atoms with Crippen LogP contribution < -0.4 is 10.7 Å². The molecule has 2 aromatic carbocycles. The molecule has 6 heterocycles. The molecule has 6 bridgehead atoms. The maximum Gasteiger partial charge on any atom is 0.324 e. The average molecular weight is 985 g/mol. The number of amides is 4. The number of hydrogen-bond donors (Lipinski definition) is 3. The maximum atomic E-state index is 14.8. The van der Waals surface area contributed by atoms with Crippen LogP contribution in [0.1, 0.15) is 96.6 Å². The molecule has 3 fully saturated rings. The molecule has 0 spiro atoms. The highest BCUT2D eigenvalue weighted by atomic mass is 16.5. The molecule has 1 unspecified atom stereocenters. The number of benzene rings is 2. The van der Waals surface area contributed by atoms with Crippen LogP contribution in [0.3, 0.4) is 0 Å². The van der Waals surface area contributed by atoms with E-state index in [2.05, 4.69) is 71.0 Å². The second-order valence-electron chi connectivity index (χ2n) is 21.3. The minimum absolute atomic E-state index is 0.0125. The second-order valence-corrected chi connectivity index (χ2v) is 21.3. The number of likely N-dealkylation sites (tertiary alicyclic amines) is 2. The lowest BCUT2D eigenvalue weighted by Gasteiger charge is -2.37. The smallest absolute Gasteiger partial charge is 0.324 e. The number of nitrogens with zero attached hydrogens (tertiary/aromatic N) is 6. The first-order valence-electron chi connectivity index (χ1n) is 25.7. The van der Waals surface area contributed by atoms with Gasteiger partial charge in [0.15, 0.2) is 0 Å². The third-order valence-corrected chi connectivity index (χ3v) is 15.0. The molecule has 0 aliphatic carbocycles. The van der Waals surface area contributed by atoms with E-state index < -0.39 is 47.2 Å². The first-order chi connectivity index (χ1) is 34.4. The maximum absolute atomic E-state index is 14.8. The van der Waals surface area contributed by atoms with Gasteiger partial charge in [0.1, 0.15) is 23.9 Å². The molecule has 4 aliphatic rings. The third kappa shape index (κ3) is 11.0. The van der Waals surface area contributed by atoms with Crippen LogP contribution in [0.2, 0.25) is 0 Å². The summed E-state index contributed by atoms with van der Waals surface area (Å²) in [5.74, 6) is 2.95. The van der Waals surface area contributed by atoms with Crippen molar-refractivity contribution >= 4 is 40.5 Å². The Morgan fingerprint density at radius 2 is 1.81 bits per heavy atom. The quantitative estimate of drug-likeness (QED) is 0.135. The monoisotopic (exact) mass is 985 g/mol. The third-order valence-electron chi connectivity index (χ3n) is 15.0. The van der Waals surface area contributed by atoms with Gasteiger partial charge in [0.2, 0.25) is 11.8 Å². The molecule has 3 saturated heterocycles. The number of rotatable bonds is 9. The highest BCUT2D eigenvalue weighted by Crippen LogP contribution is 2.42. The number of phenolic OH excluding ortho intramolecular Hbond substituents is 1. The lowest BCUT2D eigenvalue weighted by atomic mass is 9.84. The molecule has 384 valence electrons. The summed E-state index contributed by atoms with van der Waals surface area (Å²) in [4.78, 5) is 80.9. The topological polar surface area (TPSA) is 179 Å². The van der Waals surface area contributed by atoms with Crippen LogP contribution in [0.5, 0.6) is 5.75 Å². The highest BCUT2D eigenvalue weighted by Gasteiger charge is 2.40. The Bertz CT molecular complexity index is 2770. The van der Waals surface area contributed by atoms with Crippen molar-refractivity contribution in [2.75, 3.05) is 54.0 Å². The summed E-state index contributed by atoms with van der Waals surface area (Å²) >= 11 is 0. The van der Waals surface area contributed by atoms with Gasteiger partial charge in [0, 0.05) is 74.8 Å². The minimum atomic E-state index is -1.17. The van der Waals surface area contributed by atoms with Gasteiger partial charge in [-0.05, 0) is 136 Å². The molecule has 8 rings (SSSR count). The van der Waals surface area contributed by atoms with Crippen LogP contribution in [-0.2, 0) is 52.8 Å². The number of aromatic nitrogens is 2. The van der Waals surface area contributed by atoms with Crippen molar-refractivity contribution < 1.29 is 38.6 Å². The molecule has 16 heteroatoms. The van der Waals surface area contributed by atoms with Crippen molar-refractivity contribution in [2.24, 2.45) is 17.3 Å². The van der Waals surface area contributed by atoms with E-state index in [1.54, 1.807) is 37.4 Å². The van der Waals surface area contributed by atoms with Crippen molar-refractivity contribution in [3.05, 3.63) is 71.5 Å². The fourth-order valence-electron chi connectivity index (χ4n) is 11.1. The van der Waals surface area contributed by atoms with Gasteiger partial charge < -0.3 is 34.3 Å². The Hall–Kier alpha value is -6.28. The summed E-state index contributed by atoms with van der Waals surface area (Å²) in [6, 6.07) is 12.6. The van der Waals surface area contributed by atoms with E-state index in [0.717, 1.165) is 58.4 Å². The Morgan fingerprint density at radius 3 is 2.53 bits per heavy atom. The van der Waals surface area contributed by atoms with E-state index in [1.807, 2.05) is 46.0 Å². The zero-order valence-electron chi connectivity index (χ0n) is 43.4. The van der Waals surface area contributed by atoms with E-state index >= 15 is 0 Å². The lowest BCUT2D eigenvalue weighted by Crippen LogP contribution is -2.62. The standard InChI is InChI=1S/C56H72N8O8/c1-10-63-47-19-17-37-30-43(47)44(51(63)42-15-11-22-57-49(42)35(4)71-9)31-56(5,6)33-72-55(70)45-16-13-24-64(59-45)54(69)46(28-36-26-39(37)29-41(65)27-36)58-52(67)50(34(2)3)61(8)53(68)38-21-25-62(32-38)48(66)20-18-40-14-12-23-60(40)7/h11,15,17,19,22,26-27,29-30,34-35,38,40,45-46,50,59,65H,10,12-14,16,21,23-25,28,31-33H2,1-9H3,(H,58,67)/t35-,38-,40-,45-,46-,50?/m0/s1. The van der Waals surface area contributed by atoms with Gasteiger partial charge in [0.05, 0.1) is 36.1 Å². The van der Waals surface area contributed by atoms with Crippen LogP contribution in [0.4, 0.5) is 0 Å². The zero-order valence-corrected chi connectivity index (χ0v) is 43.4. The van der Waals surface area contributed by atoms with E-state index in [-0.39, 0.29) is 61.7 Å². The van der Waals surface area contributed by atoms with Crippen LogP contribution >= 0.6 is 0 Å². The number of carbonyl (C=O) groups is 5. The number of pyridine rings is 1. The zero-order chi connectivity index (χ0) is 51.6. The molecule has 4 aromatic rings. The molecule has 4 aliphatic heterocycles. The van der Waals surface area contributed by atoms with E-state index in [9.17, 15) is 29.1 Å². The number of methoxy groups -OCH3 is 1. The molecular weight excluding hydrogens is 913 g/mol. The first kappa shape index (κ1) is 52.1. The molecule has 6 atom stereocenters. The summed E-state index contributed by atoms with van der Waals surface area (Å²) in [5, 5.41) is 16.8. The number of fused-ring (bicyclic) bond motifs is 6. The first-order valence-corrected chi connectivity index (χ1v) is 25.7. The number of carbonyl (C=O) groups excluding carboxylic acids is 5. The fourth-order valence-corrected chi connectivity index (χ4v) is 11.1. The van der Waals surface area contributed by atoms with E-state index in [0.29, 0.717) is 49.9 Å². The minimum Gasteiger partial charge on any atom is -0.508 e. The summed E-state index contributed by atoms with van der Waals surface area (Å²) in [5.41, 5.74) is 9.54. The molecule has 0 saturated carbocycles. The number of aromatic hydroxyl groups is 1. The normalized spacial score (nSPS) is 22.5. The number of aryl methyl sites for hydroxylation is 1. The molecule has 4 amide bonds. The van der Waals surface area contributed by atoms with Gasteiger partial charge in [-0.1, -0.05) is 45.7 Å².